The van der Waals surface area contributed by atoms with Crippen molar-refractivity contribution in [2.75, 3.05) is 0 Å². The van der Waals surface area contributed by atoms with E-state index in [0.29, 0.717) is 0 Å². The van der Waals surface area contributed by atoms with Crippen LogP contribution in [0.3, 0.4) is 0 Å². The van der Waals surface area contributed by atoms with Crippen LogP contribution >= 0.6 is 0 Å². The topological polar surface area (TPSA) is 132 Å². The lowest BCUT2D eigenvalue weighted by Gasteiger charge is -2.36. The highest BCUT2D eigenvalue weighted by Gasteiger charge is 2.49. The van der Waals surface area contributed by atoms with Gasteiger partial charge in [0.2, 0.25) is 0 Å². The molecular weight excluding hydrogens is 352 g/mol. The van der Waals surface area contributed by atoms with Crippen LogP contribution in [0, 0.1) is 0 Å². The molecule has 27 heavy (non-hydrogen) atoms. The third-order valence-corrected chi connectivity index (χ3v) is 5.45. The lowest BCUT2D eigenvalue weighted by molar-refractivity contribution is -0.0103. The van der Waals surface area contributed by atoms with E-state index in [-0.39, 0.29) is 29.5 Å². The van der Waals surface area contributed by atoms with Crippen molar-refractivity contribution in [2.24, 2.45) is 0 Å². The maximum atomic E-state index is 12.9. The van der Waals surface area contributed by atoms with Gasteiger partial charge >= 0.3 is 0 Å². The highest BCUT2D eigenvalue weighted by Crippen LogP contribution is 2.50. The number of phenolic OH excluding ortho intramolecular Hbond substituents is 2. The molecule has 7 heteroatoms. The normalized spacial score (nSPS) is 23.7. The van der Waals surface area contributed by atoms with Gasteiger partial charge in [-0.2, -0.15) is 0 Å². The largest absolute Gasteiger partial charge is 0.507 e. The second kappa shape index (κ2) is 5.48. The molecule has 2 aliphatic carbocycles. The van der Waals surface area contributed by atoms with E-state index < -0.39 is 57.2 Å². The average Bonchev–Trinajstić information content (AvgIpc) is 2.65. The first kappa shape index (κ1) is 17.4. The Kier molecular flexibility index (Phi) is 3.53. The smallest absolute Gasteiger partial charge is 0.198 e. The third kappa shape index (κ3) is 2.06. The highest BCUT2D eigenvalue weighted by atomic mass is 16.3. The Hall–Kier alpha value is -3.03. The number of carbonyl (C=O) groups excluding carboxylic acids is 3. The molecule has 2 aliphatic rings. The van der Waals surface area contributed by atoms with Crippen molar-refractivity contribution in [3.8, 4) is 11.5 Å². The van der Waals surface area contributed by atoms with Gasteiger partial charge in [0.05, 0.1) is 22.8 Å². The number of fused-ring (bicyclic) bond motifs is 3. The summed E-state index contributed by atoms with van der Waals surface area (Å²) >= 11 is 0. The Morgan fingerprint density at radius 2 is 1.48 bits per heavy atom. The van der Waals surface area contributed by atoms with E-state index in [9.17, 15) is 34.8 Å². The Morgan fingerprint density at radius 3 is 2.00 bits per heavy atom. The van der Waals surface area contributed by atoms with Crippen molar-refractivity contribution in [1.29, 1.82) is 0 Å². The molecule has 7 nitrogen and oxygen atoms in total. The number of phenols is 2. The maximum Gasteiger partial charge on any atom is 0.198 e. The number of ketones is 3. The van der Waals surface area contributed by atoms with Gasteiger partial charge in [-0.05, 0) is 6.42 Å². The summed E-state index contributed by atoms with van der Waals surface area (Å²) in [4.78, 5) is 38.5. The summed E-state index contributed by atoms with van der Waals surface area (Å²) in [5.74, 6) is -3.83. The average molecular weight is 368 g/mol. The molecule has 0 amide bonds. The third-order valence-electron chi connectivity index (χ3n) is 5.45. The molecule has 2 aromatic rings. The van der Waals surface area contributed by atoms with Gasteiger partial charge in [-0.1, -0.05) is 31.2 Å². The summed E-state index contributed by atoms with van der Waals surface area (Å²) in [5.41, 5.74) is -3.63. The monoisotopic (exact) mass is 368 g/mol. The predicted octanol–water partition coefficient (Wildman–Crippen LogP) is 1.63. The molecule has 0 saturated carbocycles. The van der Waals surface area contributed by atoms with Crippen LogP contribution in [0.5, 0.6) is 11.5 Å². The standard InChI is InChI=1S/C20H16O7/c1-2-20(27)7-10(21)11-14(19(20)26)18(25)13-12(17(11)24)15(22)8-5-3-4-6-9(8)16(13)23/h3-6,10,21,24-25,27H,2,7H2,1H3/t10-,20+/m0/s1. The Balaban J connectivity index is 2.09. The summed E-state index contributed by atoms with van der Waals surface area (Å²) in [6, 6.07) is 5.94. The van der Waals surface area contributed by atoms with Gasteiger partial charge in [0.25, 0.3) is 0 Å². The number of aromatic hydroxyl groups is 2. The van der Waals surface area contributed by atoms with Crippen LogP contribution in [-0.2, 0) is 0 Å². The number of aliphatic hydroxyl groups is 2. The lowest BCUT2D eigenvalue weighted by atomic mass is 9.72. The molecule has 0 fully saturated rings. The van der Waals surface area contributed by atoms with Gasteiger partial charge in [-0.15, -0.1) is 0 Å². The zero-order valence-corrected chi connectivity index (χ0v) is 14.3. The van der Waals surface area contributed by atoms with Crippen molar-refractivity contribution in [3.63, 3.8) is 0 Å². The van der Waals surface area contributed by atoms with Crippen molar-refractivity contribution in [3.05, 3.63) is 57.6 Å². The molecular formula is C20H16O7. The van der Waals surface area contributed by atoms with Crippen LogP contribution < -0.4 is 0 Å². The quantitative estimate of drug-likeness (QED) is 0.480. The maximum absolute atomic E-state index is 12.9. The fourth-order valence-corrected chi connectivity index (χ4v) is 3.94. The number of carbonyl (C=O) groups is 3. The van der Waals surface area contributed by atoms with Crippen molar-refractivity contribution >= 4 is 17.3 Å². The molecule has 4 rings (SSSR count). The fourth-order valence-electron chi connectivity index (χ4n) is 3.94. The van der Waals surface area contributed by atoms with Crippen molar-refractivity contribution < 1.29 is 34.8 Å². The highest BCUT2D eigenvalue weighted by molar-refractivity contribution is 6.31. The Morgan fingerprint density at radius 1 is 0.963 bits per heavy atom. The van der Waals surface area contributed by atoms with Gasteiger partial charge in [0.15, 0.2) is 17.3 Å². The number of hydrogen-bond acceptors (Lipinski definition) is 7. The van der Waals surface area contributed by atoms with Crippen LogP contribution in [-0.4, -0.2) is 43.4 Å². The molecule has 0 saturated heterocycles. The number of hydrogen-bond donors (Lipinski definition) is 4. The molecule has 0 heterocycles. The molecule has 0 bridgehead atoms. The summed E-state index contributed by atoms with van der Waals surface area (Å²) < 4.78 is 0. The number of rotatable bonds is 1. The van der Waals surface area contributed by atoms with E-state index in [2.05, 4.69) is 0 Å². The summed E-state index contributed by atoms with van der Waals surface area (Å²) in [6.45, 7) is 1.54. The SMILES string of the molecule is CC[C@@]1(O)C[C@H](O)c2c(O)c3c(c(O)c2C1=O)C(=O)c1ccccc1C3=O. The lowest BCUT2D eigenvalue weighted by Crippen LogP contribution is -2.44. The van der Waals surface area contributed by atoms with Gasteiger partial charge in [-0.3, -0.25) is 14.4 Å². The summed E-state index contributed by atoms with van der Waals surface area (Å²) in [7, 11) is 0. The van der Waals surface area contributed by atoms with E-state index in [4.69, 9.17) is 0 Å². The van der Waals surface area contributed by atoms with E-state index in [0.717, 1.165) is 0 Å². The fraction of sp³-hybridized carbons (Fsp3) is 0.250. The first-order chi connectivity index (χ1) is 12.7. The van der Waals surface area contributed by atoms with Crippen LogP contribution in [0.2, 0.25) is 0 Å². The first-order valence-corrected chi connectivity index (χ1v) is 8.48. The number of aliphatic hydroxyl groups excluding tert-OH is 1. The zero-order chi connectivity index (χ0) is 19.7. The van der Waals surface area contributed by atoms with Crippen LogP contribution in [0.1, 0.15) is 73.6 Å². The molecule has 0 unspecified atom stereocenters. The minimum absolute atomic E-state index is 0.0324. The molecule has 0 spiro atoms. The second-order valence-corrected chi connectivity index (χ2v) is 6.87. The minimum Gasteiger partial charge on any atom is -0.507 e. The molecule has 0 radical (unpaired) electrons. The number of Topliss-reactive ketones (excluding diaryl/α,β-unsaturated/α-hetero) is 1. The van der Waals surface area contributed by atoms with Crippen LogP contribution in [0.4, 0.5) is 0 Å². The predicted molar refractivity (Wildman–Crippen MR) is 92.2 cm³/mol. The van der Waals surface area contributed by atoms with Gasteiger partial charge in [0, 0.05) is 23.1 Å². The molecule has 2 atom stereocenters. The van der Waals surface area contributed by atoms with E-state index >= 15 is 0 Å². The first-order valence-electron chi connectivity index (χ1n) is 8.48. The van der Waals surface area contributed by atoms with E-state index in [1.165, 1.54) is 19.1 Å². The van der Waals surface area contributed by atoms with Crippen molar-refractivity contribution in [1.82, 2.24) is 0 Å². The summed E-state index contributed by atoms with van der Waals surface area (Å²) in [6.07, 6.45) is -1.91. The Labute approximate surface area is 153 Å². The summed E-state index contributed by atoms with van der Waals surface area (Å²) in [5, 5.41) is 42.3. The number of benzene rings is 2. The molecule has 0 aromatic heterocycles. The van der Waals surface area contributed by atoms with E-state index in [1.54, 1.807) is 12.1 Å². The molecule has 4 N–H and O–H groups in total. The zero-order valence-electron chi connectivity index (χ0n) is 14.3. The van der Waals surface area contributed by atoms with Gasteiger partial charge in [-0.25, -0.2) is 0 Å². The molecule has 2 aromatic carbocycles. The van der Waals surface area contributed by atoms with Crippen molar-refractivity contribution in [2.45, 2.75) is 31.5 Å². The minimum atomic E-state index is -1.94. The van der Waals surface area contributed by atoms with Gasteiger partial charge in [0.1, 0.15) is 17.1 Å². The Bertz CT molecular complexity index is 1050. The van der Waals surface area contributed by atoms with Crippen LogP contribution in [0.25, 0.3) is 0 Å². The molecule has 0 aliphatic heterocycles. The van der Waals surface area contributed by atoms with Crippen LogP contribution in [0.15, 0.2) is 24.3 Å². The molecule has 138 valence electrons. The second-order valence-electron chi connectivity index (χ2n) is 6.87. The van der Waals surface area contributed by atoms with E-state index in [1.807, 2.05) is 0 Å². The van der Waals surface area contributed by atoms with Gasteiger partial charge < -0.3 is 20.4 Å².